The Balaban J connectivity index is 1.73. The second-order valence-electron chi connectivity index (χ2n) is 7.14. The summed E-state index contributed by atoms with van der Waals surface area (Å²) in [6, 6.07) is 4.32. The van der Waals surface area contributed by atoms with Crippen molar-refractivity contribution in [3.05, 3.63) is 45.8 Å². The van der Waals surface area contributed by atoms with Crippen molar-refractivity contribution in [2.24, 2.45) is 5.92 Å². The molecular formula is C21H22F3NO4S. The van der Waals surface area contributed by atoms with E-state index in [1.54, 1.807) is 6.92 Å². The van der Waals surface area contributed by atoms with Crippen LogP contribution in [0.3, 0.4) is 0 Å². The molecule has 3 rings (SSSR count). The first kappa shape index (κ1) is 22.1. The Kier molecular flexibility index (Phi) is 6.70. The Morgan fingerprint density at radius 3 is 2.77 bits per heavy atom. The van der Waals surface area contributed by atoms with E-state index in [0.29, 0.717) is 16.5 Å². The van der Waals surface area contributed by atoms with Crippen molar-refractivity contribution in [3.8, 4) is 5.75 Å². The van der Waals surface area contributed by atoms with Crippen molar-refractivity contribution in [1.82, 2.24) is 0 Å². The van der Waals surface area contributed by atoms with E-state index < -0.39 is 30.2 Å². The van der Waals surface area contributed by atoms with Crippen LogP contribution in [0, 0.1) is 5.92 Å². The molecule has 1 aromatic heterocycles. The Labute approximate surface area is 176 Å². The first-order chi connectivity index (χ1) is 14.2. The first-order valence-corrected chi connectivity index (χ1v) is 10.4. The number of fused-ring (bicyclic) bond motifs is 1. The molecule has 0 saturated carbocycles. The average Bonchev–Trinajstić information content (AvgIpc) is 3.03. The summed E-state index contributed by atoms with van der Waals surface area (Å²) in [7, 11) is 0. The molecule has 1 heterocycles. The van der Waals surface area contributed by atoms with Crippen LogP contribution in [-0.4, -0.2) is 25.1 Å². The zero-order valence-corrected chi connectivity index (χ0v) is 17.4. The summed E-state index contributed by atoms with van der Waals surface area (Å²) in [5.74, 6) is -0.632. The van der Waals surface area contributed by atoms with Crippen LogP contribution >= 0.6 is 11.3 Å². The van der Waals surface area contributed by atoms with Crippen molar-refractivity contribution in [2.75, 3.05) is 18.5 Å². The number of alkyl halides is 3. The molecule has 0 aliphatic heterocycles. The zero-order valence-electron chi connectivity index (χ0n) is 16.6. The quantitative estimate of drug-likeness (QED) is 0.635. The third-order valence-corrected chi connectivity index (χ3v) is 5.95. The van der Waals surface area contributed by atoms with Gasteiger partial charge >= 0.3 is 12.1 Å². The summed E-state index contributed by atoms with van der Waals surface area (Å²) in [6.07, 6.45) is -1.99. The van der Waals surface area contributed by atoms with Gasteiger partial charge in [0, 0.05) is 4.88 Å². The second-order valence-corrected chi connectivity index (χ2v) is 8.24. The average molecular weight is 441 g/mol. The summed E-state index contributed by atoms with van der Waals surface area (Å²) in [6.45, 7) is 3.57. The van der Waals surface area contributed by atoms with Crippen molar-refractivity contribution < 1.29 is 32.2 Å². The molecule has 0 saturated heterocycles. The number of ether oxygens (including phenoxy) is 2. The number of carbonyl (C=O) groups is 2. The lowest BCUT2D eigenvalue weighted by molar-refractivity contribution is -0.137. The maximum absolute atomic E-state index is 12.8. The molecule has 162 valence electrons. The minimum atomic E-state index is -4.50. The predicted molar refractivity (Wildman–Crippen MR) is 107 cm³/mol. The highest BCUT2D eigenvalue weighted by Crippen LogP contribution is 2.40. The molecule has 0 bridgehead atoms. The lowest BCUT2D eigenvalue weighted by atomic mass is 9.88. The smallest absolute Gasteiger partial charge is 0.416 e. The Bertz CT molecular complexity index is 939. The Morgan fingerprint density at radius 1 is 1.30 bits per heavy atom. The first-order valence-electron chi connectivity index (χ1n) is 9.60. The number of benzene rings is 1. The Hall–Kier alpha value is -2.55. The summed E-state index contributed by atoms with van der Waals surface area (Å²) >= 11 is 1.34. The van der Waals surface area contributed by atoms with Gasteiger partial charge < -0.3 is 14.8 Å². The van der Waals surface area contributed by atoms with Crippen molar-refractivity contribution in [1.29, 1.82) is 0 Å². The predicted octanol–water partition coefficient (Wildman–Crippen LogP) is 5.09. The Morgan fingerprint density at radius 2 is 2.07 bits per heavy atom. The summed E-state index contributed by atoms with van der Waals surface area (Å²) in [4.78, 5) is 25.9. The highest BCUT2D eigenvalue weighted by atomic mass is 32.1. The van der Waals surface area contributed by atoms with Gasteiger partial charge in [-0.25, -0.2) is 4.79 Å². The highest BCUT2D eigenvalue weighted by molar-refractivity contribution is 7.17. The van der Waals surface area contributed by atoms with E-state index in [1.807, 2.05) is 0 Å². The summed E-state index contributed by atoms with van der Waals surface area (Å²) in [5, 5.41) is 3.06. The standard InChI is InChI=1S/C21H22F3NO4S/c1-3-28-20(27)18-15-8-7-12(2)9-16(15)30-19(18)25-17(26)11-29-14-6-4-5-13(10-14)21(22,23)24/h4-6,10,12H,3,7-9,11H2,1-2H3,(H,25,26)/t12-/m1/s1. The number of esters is 1. The van der Waals surface area contributed by atoms with Crippen LogP contribution in [0.4, 0.5) is 18.2 Å². The molecule has 0 unspecified atom stereocenters. The molecule has 1 N–H and O–H groups in total. The molecule has 1 aliphatic carbocycles. The van der Waals surface area contributed by atoms with E-state index in [-0.39, 0.29) is 12.4 Å². The van der Waals surface area contributed by atoms with E-state index in [4.69, 9.17) is 9.47 Å². The van der Waals surface area contributed by atoms with Gasteiger partial charge in [0.05, 0.1) is 17.7 Å². The van der Waals surface area contributed by atoms with Gasteiger partial charge in [-0.1, -0.05) is 13.0 Å². The molecule has 1 atom stereocenters. The largest absolute Gasteiger partial charge is 0.484 e. The number of thiophene rings is 1. The van der Waals surface area contributed by atoms with Crippen LogP contribution in [0.5, 0.6) is 5.75 Å². The fourth-order valence-corrected chi connectivity index (χ4v) is 4.75. The lowest BCUT2D eigenvalue weighted by Gasteiger charge is -2.18. The molecule has 0 radical (unpaired) electrons. The van der Waals surface area contributed by atoms with E-state index >= 15 is 0 Å². The maximum Gasteiger partial charge on any atom is 0.416 e. The van der Waals surface area contributed by atoms with Gasteiger partial charge in [0.15, 0.2) is 6.61 Å². The highest BCUT2D eigenvalue weighted by Gasteiger charge is 2.31. The van der Waals surface area contributed by atoms with E-state index in [1.165, 1.54) is 23.5 Å². The topological polar surface area (TPSA) is 64.6 Å². The van der Waals surface area contributed by atoms with Crippen LogP contribution in [0.1, 0.15) is 46.6 Å². The molecule has 30 heavy (non-hydrogen) atoms. The molecule has 0 fully saturated rings. The molecule has 1 aliphatic rings. The van der Waals surface area contributed by atoms with Gasteiger partial charge in [-0.3, -0.25) is 4.79 Å². The van der Waals surface area contributed by atoms with Crippen molar-refractivity contribution in [2.45, 2.75) is 39.3 Å². The SMILES string of the molecule is CCOC(=O)c1c(NC(=O)COc2cccc(C(F)(F)F)c2)sc2c1CC[C@@H](C)C2. The number of anilines is 1. The number of hydrogen-bond donors (Lipinski definition) is 1. The van der Waals surface area contributed by atoms with Crippen LogP contribution in [0.15, 0.2) is 24.3 Å². The van der Waals surface area contributed by atoms with Crippen molar-refractivity contribution in [3.63, 3.8) is 0 Å². The van der Waals surface area contributed by atoms with E-state index in [2.05, 4.69) is 12.2 Å². The number of rotatable bonds is 6. The number of carbonyl (C=O) groups excluding carboxylic acids is 2. The van der Waals surface area contributed by atoms with Crippen LogP contribution in [0.25, 0.3) is 0 Å². The van der Waals surface area contributed by atoms with Crippen LogP contribution in [-0.2, 0) is 28.5 Å². The molecule has 0 spiro atoms. The van der Waals surface area contributed by atoms with Gasteiger partial charge in [-0.2, -0.15) is 13.2 Å². The van der Waals surface area contributed by atoms with E-state index in [0.717, 1.165) is 41.8 Å². The number of nitrogens with one attached hydrogen (secondary N) is 1. The third-order valence-electron chi connectivity index (χ3n) is 4.78. The minimum absolute atomic E-state index is 0.0649. The van der Waals surface area contributed by atoms with Gasteiger partial charge in [-0.15, -0.1) is 11.3 Å². The number of halogens is 3. The zero-order chi connectivity index (χ0) is 21.9. The lowest BCUT2D eigenvalue weighted by Crippen LogP contribution is -2.21. The molecule has 5 nitrogen and oxygen atoms in total. The molecule has 1 aromatic carbocycles. The minimum Gasteiger partial charge on any atom is -0.484 e. The normalized spacial score (nSPS) is 16.0. The van der Waals surface area contributed by atoms with Crippen LogP contribution in [0.2, 0.25) is 0 Å². The van der Waals surface area contributed by atoms with Gasteiger partial charge in [0.1, 0.15) is 10.8 Å². The molecule has 9 heteroatoms. The summed E-state index contributed by atoms with van der Waals surface area (Å²) < 4.78 is 48.8. The fourth-order valence-electron chi connectivity index (χ4n) is 3.33. The monoisotopic (exact) mass is 441 g/mol. The fraction of sp³-hybridized carbons (Fsp3) is 0.429. The van der Waals surface area contributed by atoms with Gasteiger partial charge in [0.25, 0.3) is 5.91 Å². The molecular weight excluding hydrogens is 419 g/mol. The van der Waals surface area contributed by atoms with Gasteiger partial charge in [-0.05, 0) is 55.9 Å². The molecule has 2 aromatic rings. The number of hydrogen-bond acceptors (Lipinski definition) is 5. The van der Waals surface area contributed by atoms with Crippen molar-refractivity contribution >= 4 is 28.2 Å². The number of amides is 1. The summed E-state index contributed by atoms with van der Waals surface area (Å²) in [5.41, 5.74) is 0.423. The molecule has 1 amide bonds. The van der Waals surface area contributed by atoms with Crippen LogP contribution < -0.4 is 10.1 Å². The maximum atomic E-state index is 12.8. The second kappa shape index (κ2) is 9.07. The van der Waals surface area contributed by atoms with Gasteiger partial charge in [0.2, 0.25) is 0 Å². The third kappa shape index (κ3) is 5.13. The van der Waals surface area contributed by atoms with E-state index in [9.17, 15) is 22.8 Å².